The van der Waals surface area contributed by atoms with Crippen LogP contribution in [0, 0.1) is 5.41 Å². The molecule has 1 heteroatoms. The Morgan fingerprint density at radius 3 is 1.94 bits per heavy atom. The highest BCUT2D eigenvalue weighted by Gasteiger charge is 2.52. The van der Waals surface area contributed by atoms with Crippen molar-refractivity contribution in [2.75, 3.05) is 0 Å². The summed E-state index contributed by atoms with van der Waals surface area (Å²) < 4.78 is 0. The van der Waals surface area contributed by atoms with E-state index in [4.69, 9.17) is 5.73 Å². The van der Waals surface area contributed by atoms with Crippen molar-refractivity contribution in [2.45, 2.75) is 50.4 Å². The van der Waals surface area contributed by atoms with E-state index in [1.54, 1.807) is 0 Å². The molecule has 0 aliphatic heterocycles. The minimum Gasteiger partial charge on any atom is -0.399 e. The summed E-state index contributed by atoms with van der Waals surface area (Å²) in [6, 6.07) is 43.4. The second-order valence-electron chi connectivity index (χ2n) is 16.0. The lowest BCUT2D eigenvalue weighted by molar-refractivity contribution is 0.382. The molecule has 0 radical (unpaired) electrons. The molecule has 5 aromatic rings. The molecular weight excluding hydrogens is 651 g/mol. The summed E-state index contributed by atoms with van der Waals surface area (Å²) in [5.74, 6) is -0.00164. The number of hydrogen-bond acceptors (Lipinski definition) is 1. The molecule has 1 spiro atoms. The predicted molar refractivity (Wildman–Crippen MR) is 228 cm³/mol. The van der Waals surface area contributed by atoms with E-state index in [2.05, 4.69) is 191 Å². The minimum absolute atomic E-state index is 0.00164. The Morgan fingerprint density at radius 2 is 1.33 bits per heavy atom. The van der Waals surface area contributed by atoms with Crippen molar-refractivity contribution < 1.29 is 0 Å². The Bertz CT molecular complexity index is 2470. The lowest BCUT2D eigenvalue weighted by Gasteiger charge is -2.37. The number of benzene rings is 5. The molecule has 0 fully saturated rings. The van der Waals surface area contributed by atoms with Gasteiger partial charge in [0, 0.05) is 17.0 Å². The van der Waals surface area contributed by atoms with E-state index >= 15 is 0 Å². The van der Waals surface area contributed by atoms with Crippen molar-refractivity contribution in [3.05, 3.63) is 233 Å². The first-order valence-corrected chi connectivity index (χ1v) is 19.3. The maximum Gasteiger partial charge on any atom is 0.0725 e. The monoisotopic (exact) mass is 697 g/mol. The van der Waals surface area contributed by atoms with Crippen molar-refractivity contribution in [1.29, 1.82) is 0 Å². The number of nitrogens with two attached hydrogens (primary N) is 1. The van der Waals surface area contributed by atoms with Crippen molar-refractivity contribution in [3.63, 3.8) is 0 Å². The molecule has 0 bridgehead atoms. The van der Waals surface area contributed by atoms with Gasteiger partial charge in [0.2, 0.25) is 0 Å². The van der Waals surface area contributed by atoms with Crippen molar-refractivity contribution in [3.8, 4) is 22.3 Å². The first-order chi connectivity index (χ1) is 26.3. The second-order valence-corrected chi connectivity index (χ2v) is 16.0. The van der Waals surface area contributed by atoms with E-state index in [9.17, 15) is 0 Å². The highest BCUT2D eigenvalue weighted by atomic mass is 14.6. The van der Waals surface area contributed by atoms with Gasteiger partial charge < -0.3 is 5.73 Å². The number of rotatable bonds is 7. The van der Waals surface area contributed by atoms with Crippen LogP contribution in [0.4, 0.5) is 0 Å². The van der Waals surface area contributed by atoms with Crippen LogP contribution >= 0.6 is 0 Å². The van der Waals surface area contributed by atoms with E-state index in [1.807, 2.05) is 12.2 Å². The minimum atomic E-state index is -0.392. The molecule has 4 aliphatic carbocycles. The van der Waals surface area contributed by atoms with Gasteiger partial charge in [0.1, 0.15) is 0 Å². The van der Waals surface area contributed by atoms with Gasteiger partial charge >= 0.3 is 0 Å². The highest BCUT2D eigenvalue weighted by Crippen LogP contribution is 2.64. The summed E-state index contributed by atoms with van der Waals surface area (Å²) in [6.07, 6.45) is 24.2. The van der Waals surface area contributed by atoms with Gasteiger partial charge in [0.15, 0.2) is 0 Å². The zero-order valence-corrected chi connectivity index (χ0v) is 31.5. The van der Waals surface area contributed by atoms with Crippen LogP contribution in [0.15, 0.2) is 194 Å². The molecule has 0 saturated heterocycles. The lowest BCUT2D eigenvalue weighted by atomic mass is 9.66. The van der Waals surface area contributed by atoms with Gasteiger partial charge in [-0.25, -0.2) is 0 Å². The van der Waals surface area contributed by atoms with Crippen LogP contribution in [0.3, 0.4) is 0 Å². The van der Waals surface area contributed by atoms with Crippen LogP contribution < -0.4 is 5.73 Å². The summed E-state index contributed by atoms with van der Waals surface area (Å²) in [6.45, 7) is 10.8. The van der Waals surface area contributed by atoms with E-state index < -0.39 is 5.41 Å². The van der Waals surface area contributed by atoms with E-state index in [0.717, 1.165) is 24.1 Å². The molecule has 4 aliphatic rings. The van der Waals surface area contributed by atoms with Gasteiger partial charge in [-0.15, -0.1) is 0 Å². The molecule has 9 rings (SSSR count). The Morgan fingerprint density at radius 1 is 0.704 bits per heavy atom. The highest BCUT2D eigenvalue weighted by molar-refractivity contribution is 5.96. The van der Waals surface area contributed by atoms with Gasteiger partial charge in [0.05, 0.1) is 5.41 Å². The van der Waals surface area contributed by atoms with Crippen molar-refractivity contribution in [2.24, 2.45) is 11.1 Å². The molecular formula is C53H47N. The zero-order valence-electron chi connectivity index (χ0n) is 31.5. The first kappa shape index (κ1) is 33.9. The molecule has 3 unspecified atom stereocenters. The molecule has 54 heavy (non-hydrogen) atoms. The topological polar surface area (TPSA) is 26.0 Å². The summed E-state index contributed by atoms with van der Waals surface area (Å²) in [5.41, 5.74) is 24.1. The number of fused-ring (bicyclic) bond motifs is 10. The lowest BCUT2D eigenvalue weighted by Crippen LogP contribution is -2.27. The quantitative estimate of drug-likeness (QED) is 0.165. The van der Waals surface area contributed by atoms with E-state index in [0.29, 0.717) is 0 Å². The summed E-state index contributed by atoms with van der Waals surface area (Å²) in [4.78, 5) is 0. The van der Waals surface area contributed by atoms with Crippen LogP contribution in [0.25, 0.3) is 27.8 Å². The Balaban J connectivity index is 1.18. The normalized spacial score (nSPS) is 22.3. The Hall–Kier alpha value is -5.92. The fourth-order valence-electron chi connectivity index (χ4n) is 9.83. The maximum absolute atomic E-state index is 6.99. The molecule has 1 nitrogen and oxygen atoms in total. The summed E-state index contributed by atoms with van der Waals surface area (Å²) >= 11 is 0. The average molecular weight is 698 g/mol. The average Bonchev–Trinajstić information content (AvgIpc) is 3.68. The van der Waals surface area contributed by atoms with Gasteiger partial charge in [0.25, 0.3) is 0 Å². The molecule has 0 amide bonds. The summed E-state index contributed by atoms with van der Waals surface area (Å²) in [5, 5.41) is 0. The van der Waals surface area contributed by atoms with Crippen LogP contribution in [0.2, 0.25) is 0 Å². The van der Waals surface area contributed by atoms with Crippen LogP contribution in [0.5, 0.6) is 0 Å². The predicted octanol–water partition coefficient (Wildman–Crippen LogP) is 12.9. The fourth-order valence-corrected chi connectivity index (χ4v) is 9.83. The van der Waals surface area contributed by atoms with Crippen LogP contribution in [-0.4, -0.2) is 0 Å². The van der Waals surface area contributed by atoms with Gasteiger partial charge in [-0.05, 0) is 97.5 Å². The van der Waals surface area contributed by atoms with Crippen molar-refractivity contribution >= 4 is 5.57 Å². The van der Waals surface area contributed by atoms with Gasteiger partial charge in [-0.1, -0.05) is 196 Å². The standard InChI is InChI=1S/C53H47N/c1-5-16-36(2)49(54)35-48(52(4)33-29-38(30-34-52)37-25-27-39(28-26-37)51(3)31-13-6-14-32-51)43-20-15-24-47-50(43)42-19-9-12-23-46(42)53(47)44-21-10-7-17-40(44)41-18-8-11-22-45(41)53/h5-31,33,35,48H,1,32,34,54H2,2-4H3/b36-16+,49-35-. The summed E-state index contributed by atoms with van der Waals surface area (Å²) in [7, 11) is 0. The molecule has 0 heterocycles. The zero-order chi connectivity index (χ0) is 37.1. The molecule has 0 aromatic heterocycles. The van der Waals surface area contributed by atoms with Crippen LogP contribution in [-0.2, 0) is 10.8 Å². The smallest absolute Gasteiger partial charge is 0.0725 e. The largest absolute Gasteiger partial charge is 0.399 e. The van der Waals surface area contributed by atoms with Gasteiger partial charge in [-0.3, -0.25) is 0 Å². The molecule has 5 aromatic carbocycles. The van der Waals surface area contributed by atoms with E-state index in [1.165, 1.54) is 66.8 Å². The Kier molecular flexibility index (Phi) is 8.09. The van der Waals surface area contributed by atoms with Gasteiger partial charge in [-0.2, -0.15) is 0 Å². The molecule has 0 saturated carbocycles. The third kappa shape index (κ3) is 5.06. The third-order valence-corrected chi connectivity index (χ3v) is 12.8. The number of allylic oxidation sites excluding steroid dienone is 12. The molecule has 2 N–H and O–H groups in total. The van der Waals surface area contributed by atoms with E-state index in [-0.39, 0.29) is 16.7 Å². The first-order valence-electron chi connectivity index (χ1n) is 19.3. The van der Waals surface area contributed by atoms with Crippen LogP contribution in [0.1, 0.15) is 78.5 Å². The van der Waals surface area contributed by atoms with Crippen molar-refractivity contribution in [1.82, 2.24) is 0 Å². The fraction of sp³-hybridized carbons (Fsp3) is 0.170. The molecule has 3 atom stereocenters. The molecule has 264 valence electrons. The Labute approximate surface area is 321 Å². The maximum atomic E-state index is 6.99. The second kappa shape index (κ2) is 12.9. The third-order valence-electron chi connectivity index (χ3n) is 12.8. The SMILES string of the molecule is C=C/C=C(C)/C(N)=C/C(c1cccc2c1-c1ccccc1C21c2ccccc2-c2ccccc21)C1(C)C=CC(c2ccc(C3(C)C=CC=CC3)cc2)=CC1. The number of hydrogen-bond donors (Lipinski definition) is 1.